The molecular formula is C17H22N2O2S2. The van der Waals surface area contributed by atoms with Crippen molar-refractivity contribution in [3.05, 3.63) is 46.5 Å². The first kappa shape index (κ1) is 18.0. The average molecular weight is 351 g/mol. The Morgan fingerprint density at radius 1 is 1.39 bits per heavy atom. The van der Waals surface area contributed by atoms with E-state index in [9.17, 15) is 4.79 Å². The molecule has 23 heavy (non-hydrogen) atoms. The van der Waals surface area contributed by atoms with Crippen LogP contribution in [0.15, 0.2) is 34.0 Å². The summed E-state index contributed by atoms with van der Waals surface area (Å²) >= 11 is 3.31. The van der Waals surface area contributed by atoms with Gasteiger partial charge in [0.1, 0.15) is 4.34 Å². The Kier molecular flexibility index (Phi) is 7.58. The van der Waals surface area contributed by atoms with Crippen LogP contribution in [0, 0.1) is 6.92 Å². The number of thioether (sulfide) groups is 1. The van der Waals surface area contributed by atoms with Gasteiger partial charge < -0.3 is 10.1 Å². The Hall–Kier alpha value is -1.37. The third-order valence-electron chi connectivity index (χ3n) is 3.17. The van der Waals surface area contributed by atoms with Crippen LogP contribution in [-0.2, 0) is 10.5 Å². The van der Waals surface area contributed by atoms with Crippen LogP contribution in [0.5, 0.6) is 0 Å². The summed E-state index contributed by atoms with van der Waals surface area (Å²) in [6, 6.07) is 7.75. The molecular weight excluding hydrogens is 328 g/mol. The third-order valence-corrected chi connectivity index (χ3v) is 5.35. The minimum absolute atomic E-state index is 0.0204. The molecule has 1 aromatic heterocycles. The van der Waals surface area contributed by atoms with Gasteiger partial charge in [-0.1, -0.05) is 30.0 Å². The highest BCUT2D eigenvalue weighted by molar-refractivity contribution is 8.00. The minimum Gasteiger partial charge on any atom is -0.382 e. The Morgan fingerprint density at radius 2 is 2.22 bits per heavy atom. The number of carbonyl (C=O) groups is 1. The van der Waals surface area contributed by atoms with E-state index in [1.165, 1.54) is 0 Å². The van der Waals surface area contributed by atoms with Gasteiger partial charge in [-0.2, -0.15) is 0 Å². The lowest BCUT2D eigenvalue weighted by Crippen LogP contribution is -2.26. The molecule has 0 radical (unpaired) electrons. The summed E-state index contributed by atoms with van der Waals surface area (Å²) < 4.78 is 6.31. The standard InChI is InChI=1S/C17H22N2O2S2/c1-3-21-10-6-9-18-16(20)15-8-5-4-7-14(15)12-23-17-19-13(2)11-22-17/h4-5,7-8,11H,3,6,9-10,12H2,1-2H3,(H,18,20). The monoisotopic (exact) mass is 350 g/mol. The fourth-order valence-corrected chi connectivity index (χ4v) is 3.87. The molecule has 1 heterocycles. The van der Waals surface area contributed by atoms with Crippen LogP contribution in [0.25, 0.3) is 0 Å². The summed E-state index contributed by atoms with van der Waals surface area (Å²) in [6.45, 7) is 5.98. The molecule has 1 N–H and O–H groups in total. The van der Waals surface area contributed by atoms with Crippen LogP contribution in [0.3, 0.4) is 0 Å². The molecule has 0 spiro atoms. The van der Waals surface area contributed by atoms with Crippen molar-refractivity contribution >= 4 is 29.0 Å². The number of amides is 1. The number of aryl methyl sites for hydroxylation is 1. The summed E-state index contributed by atoms with van der Waals surface area (Å²) in [5, 5.41) is 5.00. The second kappa shape index (κ2) is 9.70. The van der Waals surface area contributed by atoms with Gasteiger partial charge in [-0.25, -0.2) is 4.98 Å². The van der Waals surface area contributed by atoms with Crippen LogP contribution in [-0.4, -0.2) is 30.6 Å². The molecule has 1 amide bonds. The highest BCUT2D eigenvalue weighted by atomic mass is 32.2. The maximum Gasteiger partial charge on any atom is 0.251 e. The van der Waals surface area contributed by atoms with E-state index >= 15 is 0 Å². The average Bonchev–Trinajstić information content (AvgIpc) is 2.98. The van der Waals surface area contributed by atoms with Crippen molar-refractivity contribution in [2.24, 2.45) is 0 Å². The zero-order valence-electron chi connectivity index (χ0n) is 13.5. The first-order chi connectivity index (χ1) is 11.2. The summed E-state index contributed by atoms with van der Waals surface area (Å²) in [5.41, 5.74) is 2.81. The number of ether oxygens (including phenoxy) is 1. The van der Waals surface area contributed by atoms with Crippen LogP contribution in [0.4, 0.5) is 0 Å². The van der Waals surface area contributed by atoms with Crippen molar-refractivity contribution in [1.82, 2.24) is 10.3 Å². The summed E-state index contributed by atoms with van der Waals surface area (Å²) in [6.07, 6.45) is 0.828. The van der Waals surface area contributed by atoms with Gasteiger partial charge in [-0.3, -0.25) is 4.79 Å². The van der Waals surface area contributed by atoms with E-state index in [2.05, 4.69) is 10.3 Å². The molecule has 0 unspecified atom stereocenters. The van der Waals surface area contributed by atoms with Crippen LogP contribution < -0.4 is 5.32 Å². The molecule has 0 atom stereocenters. The molecule has 4 nitrogen and oxygen atoms in total. The van der Waals surface area contributed by atoms with Crippen molar-refractivity contribution in [2.75, 3.05) is 19.8 Å². The summed E-state index contributed by atoms with van der Waals surface area (Å²) in [4.78, 5) is 16.8. The normalized spacial score (nSPS) is 10.7. The van der Waals surface area contributed by atoms with Gasteiger partial charge in [0, 0.05) is 42.1 Å². The lowest BCUT2D eigenvalue weighted by molar-refractivity contribution is 0.0943. The van der Waals surface area contributed by atoms with E-state index < -0.39 is 0 Å². The van der Waals surface area contributed by atoms with Gasteiger partial charge in [0.05, 0.1) is 0 Å². The van der Waals surface area contributed by atoms with Gasteiger partial charge >= 0.3 is 0 Å². The van der Waals surface area contributed by atoms with Crippen molar-refractivity contribution < 1.29 is 9.53 Å². The van der Waals surface area contributed by atoms with E-state index in [0.29, 0.717) is 19.8 Å². The number of nitrogens with zero attached hydrogens (tertiary/aromatic N) is 1. The minimum atomic E-state index is -0.0204. The van der Waals surface area contributed by atoms with Crippen LogP contribution >= 0.6 is 23.1 Å². The fourth-order valence-electron chi connectivity index (χ4n) is 2.02. The second-order valence-corrected chi connectivity index (χ2v) is 7.09. The predicted molar refractivity (Wildman–Crippen MR) is 96.3 cm³/mol. The van der Waals surface area contributed by atoms with Crippen molar-refractivity contribution in [3.63, 3.8) is 0 Å². The number of aromatic nitrogens is 1. The number of hydrogen-bond donors (Lipinski definition) is 1. The second-order valence-electron chi connectivity index (χ2n) is 5.01. The summed E-state index contributed by atoms with van der Waals surface area (Å²) in [5.74, 6) is 0.725. The molecule has 0 aliphatic rings. The number of thiazole rings is 1. The molecule has 0 aliphatic carbocycles. The highest BCUT2D eigenvalue weighted by Gasteiger charge is 2.11. The Labute approximate surface area is 145 Å². The van der Waals surface area contributed by atoms with Gasteiger partial charge in [0.25, 0.3) is 5.91 Å². The topological polar surface area (TPSA) is 51.2 Å². The maximum atomic E-state index is 12.3. The zero-order chi connectivity index (χ0) is 16.5. The molecule has 0 bridgehead atoms. The number of rotatable bonds is 9. The largest absolute Gasteiger partial charge is 0.382 e. The smallest absolute Gasteiger partial charge is 0.251 e. The van der Waals surface area contributed by atoms with Gasteiger partial charge in [0.15, 0.2) is 0 Å². The lowest BCUT2D eigenvalue weighted by Gasteiger charge is -2.09. The Morgan fingerprint density at radius 3 is 2.96 bits per heavy atom. The molecule has 2 aromatic rings. The number of carbonyl (C=O) groups excluding carboxylic acids is 1. The first-order valence-corrected chi connectivity index (χ1v) is 9.56. The molecule has 0 saturated carbocycles. The van der Waals surface area contributed by atoms with Crippen molar-refractivity contribution in [1.29, 1.82) is 0 Å². The van der Waals surface area contributed by atoms with Gasteiger partial charge in [-0.05, 0) is 31.9 Å². The molecule has 0 aliphatic heterocycles. The maximum absolute atomic E-state index is 12.3. The summed E-state index contributed by atoms with van der Waals surface area (Å²) in [7, 11) is 0. The van der Waals surface area contributed by atoms with Crippen LogP contribution in [0.2, 0.25) is 0 Å². The van der Waals surface area contributed by atoms with E-state index in [-0.39, 0.29) is 5.91 Å². The highest BCUT2D eigenvalue weighted by Crippen LogP contribution is 2.27. The van der Waals surface area contributed by atoms with E-state index in [4.69, 9.17) is 4.74 Å². The molecule has 0 saturated heterocycles. The quantitative estimate of drug-likeness (QED) is 0.550. The molecule has 2 rings (SSSR count). The van der Waals surface area contributed by atoms with E-state index in [1.807, 2.05) is 43.5 Å². The molecule has 0 fully saturated rings. The van der Waals surface area contributed by atoms with Gasteiger partial charge in [0.2, 0.25) is 0 Å². The van der Waals surface area contributed by atoms with Crippen molar-refractivity contribution in [3.8, 4) is 0 Å². The predicted octanol–water partition coefficient (Wildman–Crippen LogP) is 3.90. The number of benzene rings is 1. The van der Waals surface area contributed by atoms with Gasteiger partial charge in [-0.15, -0.1) is 11.3 Å². The van der Waals surface area contributed by atoms with Crippen LogP contribution in [0.1, 0.15) is 35.0 Å². The lowest BCUT2D eigenvalue weighted by atomic mass is 10.1. The fraction of sp³-hybridized carbons (Fsp3) is 0.412. The van der Waals surface area contributed by atoms with Crippen molar-refractivity contribution in [2.45, 2.75) is 30.4 Å². The van der Waals surface area contributed by atoms with E-state index in [1.54, 1.807) is 23.1 Å². The zero-order valence-corrected chi connectivity index (χ0v) is 15.1. The Balaban J connectivity index is 1.89. The third kappa shape index (κ3) is 5.97. The SMILES string of the molecule is CCOCCCNC(=O)c1ccccc1CSc1nc(C)cs1. The first-order valence-electron chi connectivity index (χ1n) is 7.69. The number of hydrogen-bond acceptors (Lipinski definition) is 5. The molecule has 1 aromatic carbocycles. The molecule has 124 valence electrons. The number of nitrogens with one attached hydrogen (secondary N) is 1. The molecule has 6 heteroatoms. The van der Waals surface area contributed by atoms with E-state index in [0.717, 1.165) is 33.3 Å². The Bertz CT molecular complexity index is 629.